The van der Waals surface area contributed by atoms with E-state index < -0.39 is 25.7 Å². The molecule has 0 aliphatic heterocycles. The van der Waals surface area contributed by atoms with E-state index in [4.69, 9.17) is 10.7 Å². The van der Waals surface area contributed by atoms with Crippen molar-refractivity contribution in [3.05, 3.63) is 29.1 Å². The predicted molar refractivity (Wildman–Crippen MR) is 73.9 cm³/mol. The maximum absolute atomic E-state index is 13.7. The molecule has 7 heteroatoms. The third kappa shape index (κ3) is 3.30. The molecule has 0 bridgehead atoms. The summed E-state index contributed by atoms with van der Waals surface area (Å²) in [5, 5.41) is 2.73. The molecule has 1 fully saturated rings. The first-order valence-electron chi connectivity index (χ1n) is 6.32. The standard InChI is InChI=1S/C13H15ClFNO3S/c1-8-5-10(6-11(12(8)15)20(14,18)19)13(17)16-7-9-3-2-4-9/h5-6,9H,2-4,7H2,1H3,(H,16,17). The number of carbonyl (C=O) groups is 1. The summed E-state index contributed by atoms with van der Waals surface area (Å²) >= 11 is 0. The van der Waals surface area contributed by atoms with Crippen LogP contribution in [-0.4, -0.2) is 20.9 Å². The Morgan fingerprint density at radius 2 is 2.10 bits per heavy atom. The van der Waals surface area contributed by atoms with E-state index in [2.05, 4.69) is 5.32 Å². The summed E-state index contributed by atoms with van der Waals surface area (Å²) in [6.45, 7) is 1.95. The van der Waals surface area contributed by atoms with Crippen LogP contribution in [0.15, 0.2) is 17.0 Å². The van der Waals surface area contributed by atoms with Crippen molar-refractivity contribution in [2.24, 2.45) is 5.92 Å². The molecule has 0 radical (unpaired) electrons. The van der Waals surface area contributed by atoms with Gasteiger partial charge in [-0.2, -0.15) is 0 Å². The molecule has 0 aromatic heterocycles. The number of nitrogens with one attached hydrogen (secondary N) is 1. The summed E-state index contributed by atoms with van der Waals surface area (Å²) < 4.78 is 36.3. The van der Waals surface area contributed by atoms with Gasteiger partial charge in [0.2, 0.25) is 0 Å². The van der Waals surface area contributed by atoms with E-state index in [0.29, 0.717) is 12.5 Å². The number of hydrogen-bond acceptors (Lipinski definition) is 3. The summed E-state index contributed by atoms with van der Waals surface area (Å²) in [6, 6.07) is 2.29. The topological polar surface area (TPSA) is 63.2 Å². The van der Waals surface area contributed by atoms with Gasteiger partial charge < -0.3 is 5.32 Å². The molecule has 1 amide bonds. The third-order valence-electron chi connectivity index (χ3n) is 3.52. The van der Waals surface area contributed by atoms with Crippen LogP contribution in [0.3, 0.4) is 0 Å². The Morgan fingerprint density at radius 3 is 2.60 bits per heavy atom. The Balaban J connectivity index is 2.23. The van der Waals surface area contributed by atoms with Gasteiger partial charge in [-0.15, -0.1) is 0 Å². The number of rotatable bonds is 4. The first kappa shape index (κ1) is 15.3. The molecule has 1 N–H and O–H groups in total. The minimum absolute atomic E-state index is 0.0699. The number of aryl methyl sites for hydroxylation is 1. The van der Waals surface area contributed by atoms with Gasteiger partial charge in [0.1, 0.15) is 10.7 Å². The minimum Gasteiger partial charge on any atom is -0.352 e. The molecule has 0 spiro atoms. The molecule has 0 heterocycles. The summed E-state index contributed by atoms with van der Waals surface area (Å²) in [7, 11) is 0.953. The van der Waals surface area contributed by atoms with Crippen molar-refractivity contribution >= 4 is 25.6 Å². The SMILES string of the molecule is Cc1cc(C(=O)NCC2CCC2)cc(S(=O)(=O)Cl)c1F. The number of hydrogen-bond donors (Lipinski definition) is 1. The van der Waals surface area contributed by atoms with Crippen LogP contribution in [-0.2, 0) is 9.05 Å². The van der Waals surface area contributed by atoms with Crippen LogP contribution in [0.2, 0.25) is 0 Å². The highest BCUT2D eigenvalue weighted by atomic mass is 35.7. The van der Waals surface area contributed by atoms with Gasteiger partial charge in [-0.1, -0.05) is 6.42 Å². The van der Waals surface area contributed by atoms with Gasteiger partial charge in [0.25, 0.3) is 15.0 Å². The predicted octanol–water partition coefficient (Wildman–Crippen LogP) is 2.59. The highest BCUT2D eigenvalue weighted by Crippen LogP contribution is 2.26. The molecule has 1 aromatic rings. The second-order valence-corrected chi connectivity index (χ2v) is 7.58. The number of benzene rings is 1. The Labute approximate surface area is 121 Å². The van der Waals surface area contributed by atoms with E-state index in [1.54, 1.807) is 0 Å². The summed E-state index contributed by atoms with van der Waals surface area (Å²) in [4.78, 5) is 11.3. The quantitative estimate of drug-likeness (QED) is 0.868. The molecule has 0 saturated heterocycles. The minimum atomic E-state index is -4.22. The molecule has 1 saturated carbocycles. The third-order valence-corrected chi connectivity index (χ3v) is 4.84. The fourth-order valence-electron chi connectivity index (χ4n) is 2.08. The molecular weight excluding hydrogens is 305 g/mol. The zero-order valence-electron chi connectivity index (χ0n) is 10.9. The molecule has 1 aromatic carbocycles. The van der Waals surface area contributed by atoms with E-state index in [0.717, 1.165) is 18.9 Å². The molecule has 0 atom stereocenters. The molecule has 20 heavy (non-hydrogen) atoms. The van der Waals surface area contributed by atoms with Gasteiger partial charge >= 0.3 is 0 Å². The first-order valence-corrected chi connectivity index (χ1v) is 8.63. The van der Waals surface area contributed by atoms with Crippen LogP contribution in [0.4, 0.5) is 4.39 Å². The molecule has 2 rings (SSSR count). The lowest BCUT2D eigenvalue weighted by atomic mass is 9.85. The summed E-state index contributed by atoms with van der Waals surface area (Å²) in [5.74, 6) is -0.853. The summed E-state index contributed by atoms with van der Waals surface area (Å²) in [5.41, 5.74) is 0.169. The zero-order chi connectivity index (χ0) is 14.9. The lowest BCUT2D eigenvalue weighted by Gasteiger charge is -2.25. The Morgan fingerprint density at radius 1 is 1.45 bits per heavy atom. The lowest BCUT2D eigenvalue weighted by Crippen LogP contribution is -2.32. The van der Waals surface area contributed by atoms with Crippen molar-refractivity contribution in [1.29, 1.82) is 0 Å². The molecule has 4 nitrogen and oxygen atoms in total. The van der Waals surface area contributed by atoms with Crippen molar-refractivity contribution in [2.75, 3.05) is 6.54 Å². The maximum Gasteiger partial charge on any atom is 0.264 e. The maximum atomic E-state index is 13.7. The number of halogens is 2. The van der Waals surface area contributed by atoms with Crippen LogP contribution in [0.25, 0.3) is 0 Å². The van der Waals surface area contributed by atoms with Gasteiger partial charge in [0, 0.05) is 22.8 Å². The van der Waals surface area contributed by atoms with E-state index in [-0.39, 0.29) is 11.1 Å². The monoisotopic (exact) mass is 319 g/mol. The van der Waals surface area contributed by atoms with Crippen LogP contribution >= 0.6 is 10.7 Å². The second kappa shape index (κ2) is 5.69. The highest BCUT2D eigenvalue weighted by Gasteiger charge is 2.22. The second-order valence-electron chi connectivity index (χ2n) is 5.05. The van der Waals surface area contributed by atoms with Gasteiger partial charge in [-0.25, -0.2) is 12.8 Å². The number of carbonyl (C=O) groups excluding carboxylic acids is 1. The fourth-order valence-corrected chi connectivity index (χ4v) is 3.06. The first-order chi connectivity index (χ1) is 9.29. The lowest BCUT2D eigenvalue weighted by molar-refractivity contribution is 0.0938. The Kier molecular flexibility index (Phi) is 4.34. The average Bonchev–Trinajstić information content (AvgIpc) is 2.28. The van der Waals surface area contributed by atoms with Crippen molar-refractivity contribution in [3.63, 3.8) is 0 Å². The Bertz CT molecular complexity index is 641. The normalized spacial score (nSPS) is 15.8. The average molecular weight is 320 g/mol. The molecule has 1 aliphatic rings. The van der Waals surface area contributed by atoms with E-state index in [9.17, 15) is 17.6 Å². The zero-order valence-corrected chi connectivity index (χ0v) is 12.5. The van der Waals surface area contributed by atoms with E-state index in [1.807, 2.05) is 0 Å². The number of amides is 1. The molecular formula is C13H15ClFNO3S. The largest absolute Gasteiger partial charge is 0.352 e. The van der Waals surface area contributed by atoms with Gasteiger partial charge in [0.05, 0.1) is 0 Å². The van der Waals surface area contributed by atoms with Crippen LogP contribution in [0.1, 0.15) is 35.2 Å². The molecule has 0 unspecified atom stereocenters. The summed E-state index contributed by atoms with van der Waals surface area (Å²) in [6.07, 6.45) is 3.35. The van der Waals surface area contributed by atoms with Gasteiger partial charge in [-0.3, -0.25) is 4.79 Å². The fraction of sp³-hybridized carbons (Fsp3) is 0.462. The van der Waals surface area contributed by atoms with Crippen LogP contribution in [0, 0.1) is 18.7 Å². The Hall–Kier alpha value is -1.14. The van der Waals surface area contributed by atoms with Gasteiger partial charge in [0.15, 0.2) is 0 Å². The van der Waals surface area contributed by atoms with Crippen LogP contribution in [0.5, 0.6) is 0 Å². The van der Waals surface area contributed by atoms with Crippen molar-refractivity contribution in [2.45, 2.75) is 31.1 Å². The highest BCUT2D eigenvalue weighted by molar-refractivity contribution is 8.13. The van der Waals surface area contributed by atoms with E-state index in [1.165, 1.54) is 19.4 Å². The molecule has 1 aliphatic carbocycles. The van der Waals surface area contributed by atoms with Crippen molar-refractivity contribution in [1.82, 2.24) is 5.32 Å². The van der Waals surface area contributed by atoms with Crippen molar-refractivity contribution in [3.8, 4) is 0 Å². The van der Waals surface area contributed by atoms with E-state index >= 15 is 0 Å². The van der Waals surface area contributed by atoms with Crippen LogP contribution < -0.4 is 5.32 Å². The smallest absolute Gasteiger partial charge is 0.264 e. The molecule has 110 valence electrons. The van der Waals surface area contributed by atoms with Crippen molar-refractivity contribution < 1.29 is 17.6 Å². The van der Waals surface area contributed by atoms with Gasteiger partial charge in [-0.05, 0) is 43.4 Å².